The summed E-state index contributed by atoms with van der Waals surface area (Å²) in [6.07, 6.45) is -4.54. The van der Waals surface area contributed by atoms with Gasteiger partial charge in [0.05, 0.1) is 28.9 Å². The first-order valence-corrected chi connectivity index (χ1v) is 12.1. The number of rotatable bonds is 5. The van der Waals surface area contributed by atoms with Crippen molar-refractivity contribution in [3.05, 3.63) is 101 Å². The van der Waals surface area contributed by atoms with Crippen LogP contribution in [0.5, 0.6) is 0 Å². The highest BCUT2D eigenvalue weighted by Gasteiger charge is 2.42. The third kappa shape index (κ3) is 5.52. The molecular formula is C28H26ClF3N4O2. The maximum absolute atomic E-state index is 13.5. The van der Waals surface area contributed by atoms with Crippen molar-refractivity contribution in [2.45, 2.75) is 18.5 Å². The largest absolute Gasteiger partial charge is 0.416 e. The van der Waals surface area contributed by atoms with E-state index in [9.17, 15) is 22.8 Å². The first kappa shape index (κ1) is 27.2. The van der Waals surface area contributed by atoms with Crippen molar-refractivity contribution < 1.29 is 22.8 Å². The lowest BCUT2D eigenvalue weighted by Crippen LogP contribution is -2.47. The number of halogens is 4. The summed E-state index contributed by atoms with van der Waals surface area (Å²) in [7, 11) is 2.93. The summed E-state index contributed by atoms with van der Waals surface area (Å²) < 4.78 is 39.2. The van der Waals surface area contributed by atoms with E-state index in [1.165, 1.54) is 19.0 Å². The lowest BCUT2D eigenvalue weighted by molar-refractivity contribution is -0.137. The molecule has 0 spiro atoms. The molecule has 6 nitrogen and oxygen atoms in total. The second kappa shape index (κ2) is 10.5. The lowest BCUT2D eigenvalue weighted by Gasteiger charge is -2.29. The highest BCUT2D eigenvalue weighted by Crippen LogP contribution is 2.36. The van der Waals surface area contributed by atoms with Gasteiger partial charge in [0, 0.05) is 19.1 Å². The van der Waals surface area contributed by atoms with Gasteiger partial charge in [-0.1, -0.05) is 54.1 Å². The SMILES string of the molecule is CN(C)C(=O)N(C(=O)CN1CC(C)(c2ccccc2)C(c2ccc(Cl)cc2)=N1)c1ccc(C(F)(F)F)cc1. The topological polar surface area (TPSA) is 56.2 Å². The molecule has 3 aromatic rings. The molecule has 0 radical (unpaired) electrons. The number of carbonyl (C=O) groups is 2. The van der Waals surface area contributed by atoms with Gasteiger partial charge in [0.15, 0.2) is 0 Å². The molecule has 38 heavy (non-hydrogen) atoms. The van der Waals surface area contributed by atoms with Crippen molar-refractivity contribution >= 4 is 34.9 Å². The summed E-state index contributed by atoms with van der Waals surface area (Å²) in [5.74, 6) is -0.625. The zero-order valence-electron chi connectivity index (χ0n) is 21.0. The Balaban J connectivity index is 1.67. The quantitative estimate of drug-likeness (QED) is 0.394. The third-order valence-electron chi connectivity index (χ3n) is 6.39. The highest BCUT2D eigenvalue weighted by molar-refractivity contribution is 6.30. The number of amides is 3. The van der Waals surface area contributed by atoms with E-state index in [0.717, 1.165) is 46.0 Å². The third-order valence-corrected chi connectivity index (χ3v) is 6.64. The normalized spacial score (nSPS) is 17.2. The number of anilines is 1. The molecule has 10 heteroatoms. The molecule has 1 aliphatic heterocycles. The molecule has 1 heterocycles. The number of alkyl halides is 3. The minimum absolute atomic E-state index is 0.0358. The standard InChI is InChI=1S/C28H26ClF3N4O2/c1-27(20-7-5-4-6-8-20)18-35(33-25(27)19-9-13-22(29)14-10-19)17-24(37)36(26(38)34(2)3)23-15-11-21(12-16-23)28(30,31)32/h4-16H,17-18H2,1-3H3. The van der Waals surface area contributed by atoms with Gasteiger partial charge in [-0.25, -0.2) is 9.69 Å². The van der Waals surface area contributed by atoms with E-state index < -0.39 is 29.1 Å². The molecule has 0 fully saturated rings. The number of nitrogens with zero attached hydrogens (tertiary/aromatic N) is 4. The average Bonchev–Trinajstić information content (AvgIpc) is 3.21. The van der Waals surface area contributed by atoms with E-state index in [0.29, 0.717) is 11.6 Å². The van der Waals surface area contributed by atoms with E-state index >= 15 is 0 Å². The number of urea groups is 1. The highest BCUT2D eigenvalue weighted by atomic mass is 35.5. The monoisotopic (exact) mass is 542 g/mol. The molecule has 0 aromatic heterocycles. The van der Waals surface area contributed by atoms with Crippen molar-refractivity contribution in [1.29, 1.82) is 0 Å². The van der Waals surface area contributed by atoms with Crippen LogP contribution >= 0.6 is 11.6 Å². The number of hydrogen-bond acceptors (Lipinski definition) is 4. The fraction of sp³-hybridized carbons (Fsp3) is 0.250. The van der Waals surface area contributed by atoms with Gasteiger partial charge in [-0.15, -0.1) is 0 Å². The Morgan fingerprint density at radius 2 is 1.58 bits per heavy atom. The van der Waals surface area contributed by atoms with E-state index in [-0.39, 0.29) is 12.2 Å². The maximum atomic E-state index is 13.5. The fourth-order valence-electron chi connectivity index (χ4n) is 4.42. The van der Waals surface area contributed by atoms with Gasteiger partial charge in [0.1, 0.15) is 6.54 Å². The fourth-order valence-corrected chi connectivity index (χ4v) is 4.55. The van der Waals surface area contributed by atoms with Gasteiger partial charge >= 0.3 is 12.2 Å². The van der Waals surface area contributed by atoms with E-state index in [2.05, 4.69) is 0 Å². The van der Waals surface area contributed by atoms with Crippen molar-refractivity contribution in [2.24, 2.45) is 5.10 Å². The minimum Gasteiger partial charge on any atom is -0.330 e. The number of imide groups is 1. The van der Waals surface area contributed by atoms with Crippen molar-refractivity contribution in [2.75, 3.05) is 32.1 Å². The van der Waals surface area contributed by atoms with Gasteiger partial charge in [0.2, 0.25) is 0 Å². The van der Waals surface area contributed by atoms with Gasteiger partial charge < -0.3 is 4.90 Å². The predicted molar refractivity (Wildman–Crippen MR) is 141 cm³/mol. The van der Waals surface area contributed by atoms with Gasteiger partial charge in [0.25, 0.3) is 5.91 Å². The number of benzene rings is 3. The Hall–Kier alpha value is -3.85. The molecule has 0 saturated heterocycles. The van der Waals surface area contributed by atoms with E-state index in [4.69, 9.17) is 16.7 Å². The van der Waals surface area contributed by atoms with Crippen LogP contribution in [0.2, 0.25) is 5.02 Å². The Bertz CT molecular complexity index is 1340. The molecule has 3 amide bonds. The maximum Gasteiger partial charge on any atom is 0.416 e. The summed E-state index contributed by atoms with van der Waals surface area (Å²) >= 11 is 6.09. The molecular weight excluding hydrogens is 517 g/mol. The molecule has 1 atom stereocenters. The lowest BCUT2D eigenvalue weighted by atomic mass is 9.76. The molecule has 0 N–H and O–H groups in total. The summed E-state index contributed by atoms with van der Waals surface area (Å²) in [6, 6.07) is 20.2. The van der Waals surface area contributed by atoms with Crippen molar-refractivity contribution in [3.8, 4) is 0 Å². The summed E-state index contributed by atoms with van der Waals surface area (Å²) in [6.45, 7) is 2.11. The Labute approximate surface area is 223 Å². The van der Waals surface area contributed by atoms with Crippen LogP contribution < -0.4 is 4.90 Å². The molecule has 1 aliphatic rings. The molecule has 4 rings (SSSR count). The molecule has 3 aromatic carbocycles. The van der Waals surface area contributed by atoms with Gasteiger partial charge in [-0.05, 0) is 54.4 Å². The van der Waals surface area contributed by atoms with Crippen LogP contribution in [-0.4, -0.2) is 54.7 Å². The van der Waals surface area contributed by atoms with Crippen LogP contribution in [0.15, 0.2) is 84.0 Å². The van der Waals surface area contributed by atoms with Crippen LogP contribution in [0.3, 0.4) is 0 Å². The van der Waals surface area contributed by atoms with Crippen molar-refractivity contribution in [3.63, 3.8) is 0 Å². The first-order chi connectivity index (χ1) is 17.9. The molecule has 198 valence electrons. The van der Waals surface area contributed by atoms with E-state index in [1.54, 1.807) is 17.1 Å². The van der Waals surface area contributed by atoms with Crippen LogP contribution in [0.4, 0.5) is 23.7 Å². The summed E-state index contributed by atoms with van der Waals surface area (Å²) in [5, 5.41) is 6.93. The predicted octanol–water partition coefficient (Wildman–Crippen LogP) is 6.05. The smallest absolute Gasteiger partial charge is 0.330 e. The molecule has 0 aliphatic carbocycles. The van der Waals surface area contributed by atoms with E-state index in [1.807, 2.05) is 49.4 Å². The van der Waals surface area contributed by atoms with Gasteiger partial charge in [-0.3, -0.25) is 9.80 Å². The Kier molecular flexibility index (Phi) is 7.51. The van der Waals surface area contributed by atoms with Crippen LogP contribution in [0, 0.1) is 0 Å². The average molecular weight is 543 g/mol. The first-order valence-electron chi connectivity index (χ1n) is 11.8. The minimum atomic E-state index is -4.54. The Morgan fingerprint density at radius 3 is 2.13 bits per heavy atom. The van der Waals surface area contributed by atoms with Crippen molar-refractivity contribution in [1.82, 2.24) is 9.91 Å². The van der Waals surface area contributed by atoms with Crippen LogP contribution in [0.1, 0.15) is 23.6 Å². The second-order valence-electron chi connectivity index (χ2n) is 9.43. The number of hydrazone groups is 1. The summed E-state index contributed by atoms with van der Waals surface area (Å²) in [5.41, 5.74) is 1.13. The van der Waals surface area contributed by atoms with Crippen LogP contribution in [0.25, 0.3) is 0 Å². The molecule has 0 bridgehead atoms. The molecule has 1 unspecified atom stereocenters. The molecule has 0 saturated carbocycles. The second-order valence-corrected chi connectivity index (χ2v) is 9.86. The zero-order valence-corrected chi connectivity index (χ0v) is 21.8. The summed E-state index contributed by atoms with van der Waals surface area (Å²) in [4.78, 5) is 28.5. The van der Waals surface area contributed by atoms with Gasteiger partial charge in [-0.2, -0.15) is 18.3 Å². The Morgan fingerprint density at radius 1 is 0.974 bits per heavy atom. The number of carbonyl (C=O) groups excluding carboxylic acids is 2. The number of hydrogen-bond donors (Lipinski definition) is 0. The zero-order chi connectivity index (χ0) is 27.7. The van der Waals surface area contributed by atoms with Crippen LogP contribution in [-0.2, 0) is 16.4 Å².